The van der Waals surface area contributed by atoms with E-state index in [1.807, 2.05) is 60.7 Å². The highest BCUT2D eigenvalue weighted by Gasteiger charge is 2.42. The largest absolute Gasteiger partial charge is 0.274 e. The molecule has 0 N–H and O–H groups in total. The zero-order valence-corrected chi connectivity index (χ0v) is 23.2. The Morgan fingerprint density at radius 2 is 0.921 bits per heavy atom. The Bertz CT molecular complexity index is 1590. The standard InChI is InChI=1S/C30H20Br2N2O4/c31-21-15-19-23-20(28(36)33(27(19)35)13-11-17-7-3-1-4-8-17)16-22(32)25-26(23)24(21)29(37)34(30(25)38)14-12-18-9-5-2-6-10-18/h1-10,15-16H,11-14H2. The topological polar surface area (TPSA) is 74.8 Å². The molecule has 6 nitrogen and oxygen atoms in total. The second kappa shape index (κ2) is 9.60. The van der Waals surface area contributed by atoms with Gasteiger partial charge in [0.1, 0.15) is 0 Å². The summed E-state index contributed by atoms with van der Waals surface area (Å²) in [5, 5.41) is 0.700. The Morgan fingerprint density at radius 3 is 1.34 bits per heavy atom. The van der Waals surface area contributed by atoms with Gasteiger partial charge in [-0.05, 0) is 68.0 Å². The van der Waals surface area contributed by atoms with Crippen LogP contribution in [-0.2, 0) is 12.8 Å². The molecule has 4 aromatic rings. The zero-order chi connectivity index (χ0) is 26.6. The van der Waals surface area contributed by atoms with Gasteiger partial charge in [0.2, 0.25) is 0 Å². The van der Waals surface area contributed by atoms with Crippen LogP contribution >= 0.6 is 31.9 Å². The molecule has 0 bridgehead atoms. The van der Waals surface area contributed by atoms with Gasteiger partial charge in [-0.15, -0.1) is 0 Å². The van der Waals surface area contributed by atoms with E-state index in [1.165, 1.54) is 9.80 Å². The van der Waals surface area contributed by atoms with Crippen LogP contribution in [0.3, 0.4) is 0 Å². The molecule has 38 heavy (non-hydrogen) atoms. The minimum Gasteiger partial charge on any atom is -0.274 e. The Balaban J connectivity index is 1.43. The summed E-state index contributed by atoms with van der Waals surface area (Å²) in [6.45, 7) is 0.419. The van der Waals surface area contributed by atoms with Crippen molar-refractivity contribution < 1.29 is 19.2 Å². The van der Waals surface area contributed by atoms with Crippen LogP contribution in [-0.4, -0.2) is 46.5 Å². The third kappa shape index (κ3) is 3.90. The van der Waals surface area contributed by atoms with Crippen molar-refractivity contribution in [2.45, 2.75) is 12.8 Å². The van der Waals surface area contributed by atoms with Gasteiger partial charge in [-0.2, -0.15) is 0 Å². The fourth-order valence-electron chi connectivity index (χ4n) is 5.25. The number of rotatable bonds is 6. The highest BCUT2D eigenvalue weighted by atomic mass is 79.9. The van der Waals surface area contributed by atoms with Crippen molar-refractivity contribution in [1.82, 2.24) is 9.80 Å². The lowest BCUT2D eigenvalue weighted by molar-refractivity contribution is 0.0589. The number of amides is 4. The molecule has 6 rings (SSSR count). The van der Waals surface area contributed by atoms with E-state index in [4.69, 9.17) is 0 Å². The molecule has 2 aliphatic heterocycles. The Kier molecular flexibility index (Phi) is 6.24. The molecule has 4 aromatic carbocycles. The zero-order valence-electron chi connectivity index (χ0n) is 20.0. The Morgan fingerprint density at radius 1 is 0.526 bits per heavy atom. The van der Waals surface area contributed by atoms with Crippen LogP contribution in [0.1, 0.15) is 52.6 Å². The monoisotopic (exact) mass is 630 g/mol. The molecule has 8 heteroatoms. The van der Waals surface area contributed by atoms with Gasteiger partial charge < -0.3 is 0 Å². The summed E-state index contributed by atoms with van der Waals surface area (Å²) in [5.74, 6) is -1.78. The van der Waals surface area contributed by atoms with E-state index in [9.17, 15) is 19.2 Å². The first-order valence-corrected chi connectivity index (χ1v) is 13.7. The average molecular weight is 632 g/mol. The molecule has 0 aromatic heterocycles. The van der Waals surface area contributed by atoms with Gasteiger partial charge in [0.05, 0.1) is 11.1 Å². The van der Waals surface area contributed by atoms with Crippen LogP contribution in [0.4, 0.5) is 0 Å². The summed E-state index contributed by atoms with van der Waals surface area (Å²) in [6, 6.07) is 22.5. The first-order valence-electron chi connectivity index (χ1n) is 12.2. The Hall–Kier alpha value is -3.62. The summed E-state index contributed by atoms with van der Waals surface area (Å²) in [7, 11) is 0. The van der Waals surface area contributed by atoms with Gasteiger partial charge in [0.15, 0.2) is 0 Å². The number of benzene rings is 4. The van der Waals surface area contributed by atoms with Gasteiger partial charge >= 0.3 is 0 Å². The fraction of sp³-hybridized carbons (Fsp3) is 0.133. The second-order valence-corrected chi connectivity index (χ2v) is 11.0. The van der Waals surface area contributed by atoms with Crippen molar-refractivity contribution in [2.75, 3.05) is 13.1 Å². The summed E-state index contributed by atoms with van der Waals surface area (Å²) >= 11 is 7.01. The highest BCUT2D eigenvalue weighted by Crippen LogP contribution is 2.44. The maximum absolute atomic E-state index is 13.7. The third-order valence-corrected chi connectivity index (χ3v) is 8.36. The summed E-state index contributed by atoms with van der Waals surface area (Å²) in [4.78, 5) is 57.0. The molecule has 4 amide bonds. The Labute approximate surface area is 235 Å². The number of carbonyl (C=O) groups excluding carboxylic acids is 4. The van der Waals surface area contributed by atoms with Gasteiger partial charge in [0, 0.05) is 43.9 Å². The van der Waals surface area contributed by atoms with Gasteiger partial charge in [-0.3, -0.25) is 29.0 Å². The molecular formula is C30H20Br2N2O4. The lowest BCUT2D eigenvalue weighted by Gasteiger charge is -2.33. The normalized spacial score (nSPS) is 14.6. The smallest absolute Gasteiger partial charge is 0.262 e. The van der Waals surface area contributed by atoms with Crippen LogP contribution < -0.4 is 0 Å². The maximum Gasteiger partial charge on any atom is 0.262 e. The number of carbonyl (C=O) groups is 4. The average Bonchev–Trinajstić information content (AvgIpc) is 2.92. The first-order chi connectivity index (χ1) is 18.4. The second-order valence-electron chi connectivity index (χ2n) is 9.31. The van der Waals surface area contributed by atoms with E-state index in [-0.39, 0.29) is 24.2 Å². The maximum atomic E-state index is 13.7. The number of hydrogen-bond acceptors (Lipinski definition) is 4. The lowest BCUT2D eigenvalue weighted by atomic mass is 9.85. The lowest BCUT2D eigenvalue weighted by Crippen LogP contribution is -2.44. The van der Waals surface area contributed by atoms with E-state index in [2.05, 4.69) is 31.9 Å². The van der Waals surface area contributed by atoms with Crippen molar-refractivity contribution in [2.24, 2.45) is 0 Å². The molecule has 0 saturated carbocycles. The summed E-state index contributed by atoms with van der Waals surface area (Å²) in [5.41, 5.74) is 3.18. The van der Waals surface area contributed by atoms with Crippen molar-refractivity contribution in [3.8, 4) is 0 Å². The number of imide groups is 2. The van der Waals surface area contributed by atoms with Gasteiger partial charge in [0.25, 0.3) is 23.6 Å². The molecule has 0 radical (unpaired) electrons. The van der Waals surface area contributed by atoms with Crippen molar-refractivity contribution in [3.05, 3.63) is 115 Å². The van der Waals surface area contributed by atoms with Crippen molar-refractivity contribution >= 4 is 66.3 Å². The van der Waals surface area contributed by atoms with E-state index < -0.39 is 23.6 Å². The van der Waals surface area contributed by atoms with Gasteiger partial charge in [-0.1, -0.05) is 60.7 Å². The molecule has 0 saturated heterocycles. The van der Waals surface area contributed by atoms with E-state index in [0.29, 0.717) is 43.7 Å². The van der Waals surface area contributed by atoms with Gasteiger partial charge in [-0.25, -0.2) is 0 Å². The summed E-state index contributed by atoms with van der Waals surface area (Å²) < 4.78 is 0.830. The molecule has 0 fully saturated rings. The number of halogens is 2. The van der Waals surface area contributed by atoms with Crippen molar-refractivity contribution in [3.63, 3.8) is 0 Å². The van der Waals surface area contributed by atoms with Crippen LogP contribution in [0.25, 0.3) is 10.8 Å². The SMILES string of the molecule is O=C1c2cc(Br)c3c4c(c(Br)cc(c24)C(=O)N1CCc1ccccc1)C(=O)N(CCc1ccccc1)C3=O. The van der Waals surface area contributed by atoms with Crippen LogP contribution in [0.5, 0.6) is 0 Å². The highest BCUT2D eigenvalue weighted by molar-refractivity contribution is 9.11. The van der Waals surface area contributed by atoms with Crippen LogP contribution in [0, 0.1) is 0 Å². The third-order valence-electron chi connectivity index (χ3n) is 7.11. The quantitative estimate of drug-likeness (QED) is 0.243. The van der Waals surface area contributed by atoms with E-state index in [1.54, 1.807) is 12.1 Å². The minimum absolute atomic E-state index is 0.204. The predicted molar refractivity (Wildman–Crippen MR) is 150 cm³/mol. The van der Waals surface area contributed by atoms with E-state index >= 15 is 0 Å². The molecule has 0 spiro atoms. The molecule has 0 aliphatic carbocycles. The molecule has 2 heterocycles. The predicted octanol–water partition coefficient (Wildman–Crippen LogP) is 6.04. The summed E-state index contributed by atoms with van der Waals surface area (Å²) in [6.07, 6.45) is 1.03. The minimum atomic E-state index is -0.452. The first kappa shape index (κ1) is 24.7. The van der Waals surface area contributed by atoms with E-state index in [0.717, 1.165) is 11.1 Å². The van der Waals surface area contributed by atoms with Crippen molar-refractivity contribution in [1.29, 1.82) is 0 Å². The number of nitrogens with zero attached hydrogens (tertiary/aromatic N) is 2. The molecule has 0 atom stereocenters. The molecule has 2 aliphatic rings. The fourth-order valence-corrected chi connectivity index (χ4v) is 6.44. The molecule has 0 unspecified atom stereocenters. The number of hydrogen-bond donors (Lipinski definition) is 0. The van der Waals surface area contributed by atoms with Crippen LogP contribution in [0.2, 0.25) is 0 Å². The molecular weight excluding hydrogens is 612 g/mol. The van der Waals surface area contributed by atoms with Crippen LogP contribution in [0.15, 0.2) is 81.7 Å². The molecule has 188 valence electrons.